The lowest BCUT2D eigenvalue weighted by atomic mass is 10.3. The topological polar surface area (TPSA) is 84.7 Å². The zero-order chi connectivity index (χ0) is 15.9. The summed E-state index contributed by atoms with van der Waals surface area (Å²) in [6.07, 6.45) is 4.35. The van der Waals surface area contributed by atoms with Crippen LogP contribution in [0.4, 0.5) is 0 Å². The average molecular weight is 329 g/mol. The van der Waals surface area contributed by atoms with Crippen molar-refractivity contribution < 1.29 is 13.3 Å². The molecule has 1 unspecified atom stereocenters. The molecule has 6 nitrogen and oxygen atoms in total. The van der Waals surface area contributed by atoms with Crippen LogP contribution in [0.2, 0.25) is 0 Å². The van der Waals surface area contributed by atoms with Crippen molar-refractivity contribution in [2.75, 3.05) is 19.7 Å². The molecule has 0 spiro atoms. The zero-order valence-corrected chi connectivity index (χ0v) is 13.5. The van der Waals surface area contributed by atoms with Crippen LogP contribution < -0.4 is 11.1 Å². The number of thiol groups is 1. The van der Waals surface area contributed by atoms with Crippen molar-refractivity contribution in [3.8, 4) is 11.8 Å². The van der Waals surface area contributed by atoms with Gasteiger partial charge in [-0.1, -0.05) is 17.0 Å². The lowest BCUT2D eigenvalue weighted by molar-refractivity contribution is -0.0274. The predicted molar refractivity (Wildman–Crippen MR) is 86.4 cm³/mol. The van der Waals surface area contributed by atoms with Crippen LogP contribution in [0.15, 0.2) is 35.5 Å². The molecule has 1 atom stereocenters. The van der Waals surface area contributed by atoms with E-state index in [2.05, 4.69) is 36.4 Å². The third-order valence-corrected chi connectivity index (χ3v) is 4.38. The quantitative estimate of drug-likeness (QED) is 0.372. The van der Waals surface area contributed by atoms with Gasteiger partial charge >= 0.3 is 0 Å². The van der Waals surface area contributed by atoms with Gasteiger partial charge in [0.1, 0.15) is 5.03 Å². The minimum absolute atomic E-state index is 0.152. The van der Waals surface area contributed by atoms with Gasteiger partial charge in [-0.25, -0.2) is 8.42 Å². The maximum absolute atomic E-state index is 12.1. The number of allylic oxidation sites excluding steroid dienone is 3. The maximum Gasteiger partial charge on any atom is 0.279 e. The van der Waals surface area contributed by atoms with Crippen molar-refractivity contribution in [2.24, 2.45) is 5.73 Å². The molecule has 0 aromatic carbocycles. The molecule has 116 valence electrons. The van der Waals surface area contributed by atoms with Gasteiger partial charge in [0, 0.05) is 10.9 Å². The standard InChI is InChI=1S/C13H19N3O3S2/c1-3-5-8-15-11(4-2)6-7-13(14)21(17,18)16-9-12(20)10-19-16/h4,6-7,12,15,20H,2,8-10,14H2,1H3/b11-6+,13-7+. The monoisotopic (exact) mass is 329 g/mol. The van der Waals surface area contributed by atoms with Crippen LogP contribution in [0.1, 0.15) is 6.92 Å². The summed E-state index contributed by atoms with van der Waals surface area (Å²) in [4.78, 5) is 5.04. The highest BCUT2D eigenvalue weighted by Gasteiger charge is 2.32. The van der Waals surface area contributed by atoms with E-state index in [1.54, 1.807) is 13.0 Å². The Balaban J connectivity index is 2.81. The highest BCUT2D eigenvalue weighted by molar-refractivity contribution is 7.92. The van der Waals surface area contributed by atoms with E-state index in [1.165, 1.54) is 12.2 Å². The lowest BCUT2D eigenvalue weighted by Gasteiger charge is -2.13. The Hall–Kier alpha value is -1.40. The summed E-state index contributed by atoms with van der Waals surface area (Å²) in [5.41, 5.74) is 6.24. The first-order valence-electron chi connectivity index (χ1n) is 6.19. The highest BCUT2D eigenvalue weighted by Crippen LogP contribution is 2.18. The summed E-state index contributed by atoms with van der Waals surface area (Å²) < 4.78 is 25.1. The van der Waals surface area contributed by atoms with Gasteiger partial charge in [-0.3, -0.25) is 4.84 Å². The van der Waals surface area contributed by atoms with Gasteiger partial charge in [-0.2, -0.15) is 12.6 Å². The molecule has 1 rings (SSSR count). The molecule has 0 radical (unpaired) electrons. The molecule has 3 N–H and O–H groups in total. The van der Waals surface area contributed by atoms with Crippen LogP contribution in [0.25, 0.3) is 0 Å². The Kier molecular flexibility index (Phi) is 6.84. The van der Waals surface area contributed by atoms with Gasteiger partial charge in [-0.15, -0.1) is 5.92 Å². The van der Waals surface area contributed by atoms with Gasteiger partial charge in [0.15, 0.2) is 0 Å². The zero-order valence-electron chi connectivity index (χ0n) is 11.7. The summed E-state index contributed by atoms with van der Waals surface area (Å²) in [6.45, 7) is 6.20. The van der Waals surface area contributed by atoms with E-state index in [0.717, 1.165) is 4.47 Å². The summed E-state index contributed by atoms with van der Waals surface area (Å²) in [7, 11) is -3.83. The Morgan fingerprint density at radius 3 is 2.86 bits per heavy atom. The summed E-state index contributed by atoms with van der Waals surface area (Å²) in [5, 5.41) is 2.51. The fourth-order valence-corrected chi connectivity index (χ4v) is 2.80. The Bertz CT molecular complexity index is 600. The molecule has 1 heterocycles. The molecule has 0 saturated carbocycles. The second-order valence-electron chi connectivity index (χ2n) is 4.12. The van der Waals surface area contributed by atoms with E-state index in [9.17, 15) is 8.42 Å². The average Bonchev–Trinajstić information content (AvgIpc) is 2.89. The van der Waals surface area contributed by atoms with Crippen LogP contribution in [-0.2, 0) is 14.9 Å². The van der Waals surface area contributed by atoms with Crippen LogP contribution in [0.3, 0.4) is 0 Å². The van der Waals surface area contributed by atoms with Gasteiger partial charge in [0.05, 0.1) is 19.7 Å². The van der Waals surface area contributed by atoms with Crippen molar-refractivity contribution >= 4 is 22.7 Å². The number of hydrogen-bond acceptors (Lipinski definition) is 6. The van der Waals surface area contributed by atoms with Crippen LogP contribution >= 0.6 is 12.6 Å². The molecule has 0 aromatic rings. The summed E-state index contributed by atoms with van der Waals surface area (Å²) in [5.74, 6) is 5.56. The molecule has 0 amide bonds. The molecular weight excluding hydrogens is 310 g/mol. The van der Waals surface area contributed by atoms with Gasteiger partial charge < -0.3 is 11.1 Å². The molecule has 0 bridgehead atoms. The second kappa shape index (κ2) is 8.14. The number of rotatable bonds is 6. The normalized spacial score (nSPS) is 20.8. The number of nitrogens with two attached hydrogens (primary N) is 1. The highest BCUT2D eigenvalue weighted by atomic mass is 32.2. The maximum atomic E-state index is 12.1. The minimum atomic E-state index is -3.83. The van der Waals surface area contributed by atoms with Gasteiger partial charge in [0.25, 0.3) is 10.0 Å². The van der Waals surface area contributed by atoms with E-state index in [4.69, 9.17) is 10.6 Å². The van der Waals surface area contributed by atoms with Crippen LogP contribution in [0, 0.1) is 11.8 Å². The van der Waals surface area contributed by atoms with Gasteiger partial charge in [0.2, 0.25) is 0 Å². The van der Waals surface area contributed by atoms with Gasteiger partial charge in [-0.05, 0) is 25.2 Å². The first-order chi connectivity index (χ1) is 9.91. The molecule has 1 saturated heterocycles. The molecule has 1 fully saturated rings. The predicted octanol–water partition coefficient (Wildman–Crippen LogP) is 0.345. The lowest BCUT2D eigenvalue weighted by Crippen LogP contribution is -2.31. The van der Waals surface area contributed by atoms with E-state index < -0.39 is 10.0 Å². The molecule has 1 aliphatic rings. The third kappa shape index (κ3) is 5.13. The minimum Gasteiger partial charge on any atom is -0.388 e. The SMILES string of the molecule is C=C/C(=C\C=C(/N)S(=O)(=O)N1CC(S)CO1)NCC#CC. The number of sulfonamides is 1. The largest absolute Gasteiger partial charge is 0.388 e. The van der Waals surface area contributed by atoms with Crippen LogP contribution in [0.5, 0.6) is 0 Å². The summed E-state index contributed by atoms with van der Waals surface area (Å²) in [6, 6.07) is 0. The van der Waals surface area contributed by atoms with Crippen molar-refractivity contribution in [2.45, 2.75) is 12.2 Å². The molecule has 21 heavy (non-hydrogen) atoms. The molecular formula is C13H19N3O3S2. The fourth-order valence-electron chi connectivity index (χ4n) is 1.42. The van der Waals surface area contributed by atoms with E-state index >= 15 is 0 Å². The van der Waals surface area contributed by atoms with E-state index in [1.807, 2.05) is 0 Å². The number of nitrogens with zero attached hydrogens (tertiary/aromatic N) is 1. The molecule has 0 aromatic heterocycles. The van der Waals surface area contributed by atoms with E-state index in [-0.39, 0.29) is 23.4 Å². The second-order valence-corrected chi connectivity index (χ2v) is 6.67. The first-order valence-corrected chi connectivity index (χ1v) is 8.14. The number of nitrogens with one attached hydrogen (secondary N) is 1. The van der Waals surface area contributed by atoms with Crippen molar-refractivity contribution in [3.63, 3.8) is 0 Å². The number of hydrogen-bond donors (Lipinski definition) is 3. The van der Waals surface area contributed by atoms with E-state index in [0.29, 0.717) is 12.2 Å². The van der Waals surface area contributed by atoms with Crippen molar-refractivity contribution in [3.05, 3.63) is 35.5 Å². The third-order valence-electron chi connectivity index (χ3n) is 2.54. The first kappa shape index (κ1) is 17.7. The molecule has 8 heteroatoms. The smallest absolute Gasteiger partial charge is 0.279 e. The van der Waals surface area contributed by atoms with Crippen LogP contribution in [-0.4, -0.2) is 37.8 Å². The molecule has 0 aliphatic carbocycles. The van der Waals surface area contributed by atoms with Crippen molar-refractivity contribution in [1.29, 1.82) is 0 Å². The van der Waals surface area contributed by atoms with Crippen molar-refractivity contribution in [1.82, 2.24) is 9.79 Å². The molecule has 1 aliphatic heterocycles. The Morgan fingerprint density at radius 1 is 1.62 bits per heavy atom. The number of hydroxylamine groups is 1. The Morgan fingerprint density at radius 2 is 2.33 bits per heavy atom. The fraction of sp³-hybridized carbons (Fsp3) is 0.385. The Labute approximate surface area is 131 Å². The summed E-state index contributed by atoms with van der Waals surface area (Å²) >= 11 is 4.16.